The van der Waals surface area contributed by atoms with E-state index in [0.29, 0.717) is 5.92 Å². The average Bonchev–Trinajstić information content (AvgIpc) is 2.80. The summed E-state index contributed by atoms with van der Waals surface area (Å²) in [5.74, 6) is 1.53. The van der Waals surface area contributed by atoms with Crippen molar-refractivity contribution < 1.29 is 9.53 Å². The van der Waals surface area contributed by atoms with E-state index in [-0.39, 0.29) is 18.2 Å². The van der Waals surface area contributed by atoms with Crippen LogP contribution in [0.3, 0.4) is 0 Å². The molecule has 164 valence electrons. The molecule has 0 saturated carbocycles. The molecule has 0 radical (unpaired) electrons. The maximum Gasteiger partial charge on any atom is 0.407 e. The lowest BCUT2D eigenvalue weighted by molar-refractivity contribution is -0.0339. The largest absolute Gasteiger partial charge is 0.445 e. The number of thioether (sulfide) groups is 1. The number of carbonyl (C=O) groups excluding carboxylic acids is 1. The summed E-state index contributed by atoms with van der Waals surface area (Å²) in [6.07, 6.45) is 3.02. The van der Waals surface area contributed by atoms with Gasteiger partial charge in [0.2, 0.25) is 0 Å². The highest BCUT2D eigenvalue weighted by Crippen LogP contribution is 2.39. The summed E-state index contributed by atoms with van der Waals surface area (Å²) >= 11 is 1.88. The zero-order chi connectivity index (χ0) is 21.4. The number of anilines is 1. The van der Waals surface area contributed by atoms with Crippen molar-refractivity contribution in [1.29, 1.82) is 0 Å². The standard InChI is InChI=1S/C25H31N3O2S/c1-27(2)20-5-3-4-18(14-20)19-6-7-21-22(10-13-31-24(21)15-19)26-25(29)30-23-16-28-11-8-17(23)9-12-28/h3-7,14-15,17,22-23H,8-13,16H2,1-2H3,(H,26,29)/t22?,23-/m0/s1. The maximum atomic E-state index is 12.7. The van der Waals surface area contributed by atoms with Crippen molar-refractivity contribution in [2.75, 3.05) is 44.4 Å². The molecule has 2 aromatic rings. The summed E-state index contributed by atoms with van der Waals surface area (Å²) in [6.45, 7) is 3.20. The first kappa shape index (κ1) is 20.7. The zero-order valence-electron chi connectivity index (χ0n) is 18.3. The molecule has 31 heavy (non-hydrogen) atoms. The first-order chi connectivity index (χ1) is 15.1. The molecule has 0 aromatic heterocycles. The lowest BCUT2D eigenvalue weighted by Crippen LogP contribution is -2.52. The topological polar surface area (TPSA) is 44.8 Å². The summed E-state index contributed by atoms with van der Waals surface area (Å²) in [5.41, 5.74) is 4.82. The summed E-state index contributed by atoms with van der Waals surface area (Å²) in [5, 5.41) is 3.17. The van der Waals surface area contributed by atoms with Crippen LogP contribution < -0.4 is 10.2 Å². The summed E-state index contributed by atoms with van der Waals surface area (Å²) in [4.78, 5) is 18.5. The molecule has 0 aliphatic carbocycles. The van der Waals surface area contributed by atoms with E-state index in [1.807, 2.05) is 11.8 Å². The lowest BCUT2D eigenvalue weighted by atomic mass is 9.86. The van der Waals surface area contributed by atoms with Crippen molar-refractivity contribution in [1.82, 2.24) is 10.2 Å². The van der Waals surface area contributed by atoms with E-state index in [1.165, 1.54) is 27.3 Å². The van der Waals surface area contributed by atoms with Crippen LogP contribution in [0.4, 0.5) is 10.5 Å². The third kappa shape index (κ3) is 4.41. The number of hydrogen-bond donors (Lipinski definition) is 1. The minimum Gasteiger partial charge on any atom is -0.445 e. The molecule has 0 spiro atoms. The van der Waals surface area contributed by atoms with Crippen molar-refractivity contribution in [2.45, 2.75) is 36.3 Å². The van der Waals surface area contributed by atoms with Gasteiger partial charge in [0.1, 0.15) is 6.10 Å². The van der Waals surface area contributed by atoms with Gasteiger partial charge in [-0.2, -0.15) is 0 Å². The first-order valence-corrected chi connectivity index (χ1v) is 12.3. The van der Waals surface area contributed by atoms with Gasteiger partial charge in [-0.3, -0.25) is 4.90 Å². The van der Waals surface area contributed by atoms with E-state index in [9.17, 15) is 4.79 Å². The Labute approximate surface area is 189 Å². The van der Waals surface area contributed by atoms with Crippen LogP contribution in [0, 0.1) is 5.92 Å². The molecule has 3 saturated heterocycles. The highest BCUT2D eigenvalue weighted by Gasteiger charge is 2.37. The zero-order valence-corrected chi connectivity index (χ0v) is 19.2. The van der Waals surface area contributed by atoms with E-state index in [0.717, 1.165) is 44.6 Å². The van der Waals surface area contributed by atoms with Crippen LogP contribution in [0.1, 0.15) is 30.9 Å². The third-order valence-corrected chi connectivity index (χ3v) is 8.00. The molecule has 5 nitrogen and oxygen atoms in total. The van der Waals surface area contributed by atoms with Gasteiger partial charge in [-0.25, -0.2) is 4.79 Å². The van der Waals surface area contributed by atoms with Gasteiger partial charge in [-0.15, -0.1) is 11.8 Å². The van der Waals surface area contributed by atoms with Crippen molar-refractivity contribution in [3.05, 3.63) is 48.0 Å². The number of nitrogens with one attached hydrogen (secondary N) is 1. The average molecular weight is 438 g/mol. The molecule has 4 aliphatic heterocycles. The SMILES string of the molecule is CN(C)c1cccc(-c2ccc3c(c2)SCCC3NC(=O)O[C@H]2CN3CCC2CC3)c1. The summed E-state index contributed by atoms with van der Waals surface area (Å²) < 4.78 is 5.87. The van der Waals surface area contributed by atoms with Gasteiger partial charge in [0.05, 0.1) is 6.04 Å². The highest BCUT2D eigenvalue weighted by molar-refractivity contribution is 7.99. The molecule has 4 aliphatic rings. The van der Waals surface area contributed by atoms with Crippen molar-refractivity contribution in [3.63, 3.8) is 0 Å². The fraction of sp³-hybridized carbons (Fsp3) is 0.480. The van der Waals surface area contributed by atoms with Gasteiger partial charge < -0.3 is 15.0 Å². The van der Waals surface area contributed by atoms with Crippen molar-refractivity contribution in [3.8, 4) is 11.1 Å². The molecule has 2 aromatic carbocycles. The first-order valence-electron chi connectivity index (χ1n) is 11.3. The second-order valence-corrected chi connectivity index (χ2v) is 10.2. The number of piperidine rings is 3. The number of nitrogens with zero attached hydrogens (tertiary/aromatic N) is 2. The number of alkyl carbamates (subject to hydrolysis) is 1. The second-order valence-electron chi connectivity index (χ2n) is 9.11. The van der Waals surface area contributed by atoms with Crippen LogP contribution in [-0.2, 0) is 4.74 Å². The minimum atomic E-state index is -0.260. The molecule has 2 bridgehead atoms. The van der Waals surface area contributed by atoms with E-state index < -0.39 is 0 Å². The van der Waals surface area contributed by atoms with Crippen LogP contribution in [0.2, 0.25) is 0 Å². The minimum absolute atomic E-state index is 0.0204. The predicted molar refractivity (Wildman–Crippen MR) is 127 cm³/mol. The van der Waals surface area contributed by atoms with Crippen molar-refractivity contribution >= 4 is 23.5 Å². The van der Waals surface area contributed by atoms with Crippen LogP contribution in [0.5, 0.6) is 0 Å². The summed E-state index contributed by atoms with van der Waals surface area (Å²) in [6, 6.07) is 15.2. The van der Waals surface area contributed by atoms with Crippen LogP contribution >= 0.6 is 11.8 Å². The summed E-state index contributed by atoms with van der Waals surface area (Å²) in [7, 11) is 4.12. The molecular weight excluding hydrogens is 406 g/mol. The van der Waals surface area contributed by atoms with Gasteiger partial charge >= 0.3 is 6.09 Å². The van der Waals surface area contributed by atoms with Crippen LogP contribution in [0.15, 0.2) is 47.4 Å². The van der Waals surface area contributed by atoms with E-state index in [1.54, 1.807) is 0 Å². The van der Waals surface area contributed by atoms with Crippen LogP contribution in [-0.4, -0.2) is 56.6 Å². The van der Waals surface area contributed by atoms with Crippen LogP contribution in [0.25, 0.3) is 11.1 Å². The van der Waals surface area contributed by atoms with E-state index in [2.05, 4.69) is 71.7 Å². The number of amides is 1. The van der Waals surface area contributed by atoms with E-state index >= 15 is 0 Å². The molecule has 1 amide bonds. The Kier molecular flexibility index (Phi) is 5.85. The number of rotatable bonds is 4. The Morgan fingerprint density at radius 3 is 2.65 bits per heavy atom. The fourth-order valence-corrected chi connectivity index (χ4v) is 6.20. The van der Waals surface area contributed by atoms with Gasteiger partial charge in [-0.05, 0) is 73.2 Å². The van der Waals surface area contributed by atoms with Crippen molar-refractivity contribution in [2.24, 2.45) is 5.92 Å². The fourth-order valence-electron chi connectivity index (χ4n) is 5.04. The van der Waals surface area contributed by atoms with Gasteiger partial charge in [0, 0.05) is 37.0 Å². The predicted octanol–water partition coefficient (Wildman–Crippen LogP) is 4.78. The molecule has 1 N–H and O–H groups in total. The molecule has 1 unspecified atom stereocenters. The molecule has 3 fully saturated rings. The molecular formula is C25H31N3O2S. The highest BCUT2D eigenvalue weighted by atomic mass is 32.2. The number of hydrogen-bond acceptors (Lipinski definition) is 5. The molecule has 4 heterocycles. The third-order valence-electron chi connectivity index (χ3n) is 6.90. The Bertz CT molecular complexity index is 956. The smallest absolute Gasteiger partial charge is 0.407 e. The van der Waals surface area contributed by atoms with Gasteiger partial charge in [0.15, 0.2) is 0 Å². The Morgan fingerprint density at radius 2 is 1.90 bits per heavy atom. The number of carbonyl (C=O) groups is 1. The van der Waals surface area contributed by atoms with E-state index in [4.69, 9.17) is 4.74 Å². The Hall–Kier alpha value is -2.18. The number of fused-ring (bicyclic) bond motifs is 4. The molecule has 2 atom stereocenters. The molecule has 6 heteroatoms. The number of ether oxygens (including phenoxy) is 1. The van der Waals surface area contributed by atoms with Gasteiger partial charge in [0.25, 0.3) is 0 Å². The second kappa shape index (κ2) is 8.75. The maximum absolute atomic E-state index is 12.7. The number of benzene rings is 2. The monoisotopic (exact) mass is 437 g/mol. The lowest BCUT2D eigenvalue weighted by Gasteiger charge is -2.44. The normalized spacial score (nSPS) is 26.8. The Morgan fingerprint density at radius 1 is 1.10 bits per heavy atom. The molecule has 6 rings (SSSR count). The van der Waals surface area contributed by atoms with Gasteiger partial charge in [-0.1, -0.05) is 24.3 Å². The Balaban J connectivity index is 1.29. The quantitative estimate of drug-likeness (QED) is 0.746.